The van der Waals surface area contributed by atoms with Gasteiger partial charge in [-0.2, -0.15) is 0 Å². The van der Waals surface area contributed by atoms with Crippen LogP contribution >= 0.6 is 0 Å². The maximum absolute atomic E-state index is 9.00. The van der Waals surface area contributed by atoms with Crippen LogP contribution in [0.2, 0.25) is 0 Å². The molecule has 0 bridgehead atoms. The van der Waals surface area contributed by atoms with E-state index >= 15 is 0 Å². The summed E-state index contributed by atoms with van der Waals surface area (Å²) < 4.78 is 0. The number of nitrogens with one attached hydrogen (secondary N) is 1. The van der Waals surface area contributed by atoms with Crippen LogP contribution in [0.4, 0.5) is 0 Å². The molecule has 2 heteroatoms. The Kier molecular flexibility index (Phi) is 7.63. The number of aliphatic hydroxyl groups excluding tert-OH is 1. The number of aliphatic hydroxyl groups is 1. The van der Waals surface area contributed by atoms with Gasteiger partial charge in [0.15, 0.2) is 0 Å². The highest BCUT2D eigenvalue weighted by atomic mass is 16.3. The number of hydrogen-bond acceptors (Lipinski definition) is 2. The lowest BCUT2D eigenvalue weighted by molar-refractivity contribution is 0.288. The van der Waals surface area contributed by atoms with Crippen LogP contribution < -0.4 is 5.32 Å². The normalized spacial score (nSPS) is 11.4. The van der Waals surface area contributed by atoms with E-state index in [-0.39, 0.29) is 12.6 Å². The molecule has 0 saturated carbocycles. The summed E-state index contributed by atoms with van der Waals surface area (Å²) in [4.78, 5) is 0. The first kappa shape index (κ1) is 16.4. The van der Waals surface area contributed by atoms with Crippen molar-refractivity contribution in [2.24, 2.45) is 0 Å². The van der Waals surface area contributed by atoms with Crippen molar-refractivity contribution in [3.63, 3.8) is 0 Å². The van der Waals surface area contributed by atoms with Gasteiger partial charge in [-0.05, 0) is 18.1 Å². The number of aryl methyl sites for hydroxylation is 1. The molecule has 1 atom stereocenters. The van der Waals surface area contributed by atoms with Crippen LogP contribution in [0.25, 0.3) is 0 Å². The van der Waals surface area contributed by atoms with Gasteiger partial charge in [-0.3, -0.25) is 0 Å². The molecule has 0 aromatic heterocycles. The van der Waals surface area contributed by atoms with Gasteiger partial charge in [-0.25, -0.2) is 0 Å². The number of rotatable bonds is 5. The van der Waals surface area contributed by atoms with E-state index in [1.165, 1.54) is 16.7 Å². The zero-order valence-corrected chi connectivity index (χ0v) is 12.6. The summed E-state index contributed by atoms with van der Waals surface area (Å²) in [5, 5.41) is 12.4. The smallest absolute Gasteiger partial charge is 0.0577 e. The van der Waals surface area contributed by atoms with E-state index < -0.39 is 0 Å². The van der Waals surface area contributed by atoms with Crippen LogP contribution in [0.15, 0.2) is 54.6 Å². The summed E-state index contributed by atoms with van der Waals surface area (Å²) in [6, 6.07) is 18.9. The summed E-state index contributed by atoms with van der Waals surface area (Å²) >= 11 is 0. The molecule has 2 N–H and O–H groups in total. The minimum Gasteiger partial charge on any atom is -0.395 e. The van der Waals surface area contributed by atoms with Gasteiger partial charge in [0.2, 0.25) is 0 Å². The summed E-state index contributed by atoms with van der Waals surface area (Å²) in [6.07, 6.45) is 0. The van der Waals surface area contributed by atoms with Gasteiger partial charge in [-0.1, -0.05) is 74.0 Å². The molecular weight excluding hydrogens is 246 g/mol. The second-order valence-corrected chi connectivity index (χ2v) is 4.44. The van der Waals surface area contributed by atoms with Crippen LogP contribution in [-0.4, -0.2) is 18.3 Å². The highest BCUT2D eigenvalue weighted by molar-refractivity contribution is 5.33. The molecule has 0 heterocycles. The molecule has 1 unspecified atom stereocenters. The highest BCUT2D eigenvalue weighted by Crippen LogP contribution is 2.22. The van der Waals surface area contributed by atoms with Crippen LogP contribution in [-0.2, 0) is 0 Å². The van der Waals surface area contributed by atoms with Gasteiger partial charge in [0, 0.05) is 6.54 Å². The summed E-state index contributed by atoms with van der Waals surface area (Å²) in [7, 11) is 0. The SMILES string of the molecule is CC.Cc1cccc(C(NCCO)c2ccccc2)c1. The molecular formula is C18H25NO. The Morgan fingerprint density at radius 2 is 1.60 bits per heavy atom. The van der Waals surface area contributed by atoms with E-state index in [0.29, 0.717) is 6.54 Å². The molecule has 2 nitrogen and oxygen atoms in total. The van der Waals surface area contributed by atoms with Gasteiger partial charge in [-0.15, -0.1) is 0 Å². The van der Waals surface area contributed by atoms with E-state index in [4.69, 9.17) is 5.11 Å². The van der Waals surface area contributed by atoms with Crippen molar-refractivity contribution in [3.05, 3.63) is 71.3 Å². The van der Waals surface area contributed by atoms with Crippen LogP contribution in [0, 0.1) is 6.92 Å². The fraction of sp³-hybridized carbons (Fsp3) is 0.333. The van der Waals surface area contributed by atoms with Crippen molar-refractivity contribution in [1.29, 1.82) is 0 Å². The summed E-state index contributed by atoms with van der Waals surface area (Å²) in [5.74, 6) is 0. The highest BCUT2D eigenvalue weighted by Gasteiger charge is 2.12. The van der Waals surface area contributed by atoms with Crippen molar-refractivity contribution in [2.75, 3.05) is 13.2 Å². The standard InChI is InChI=1S/C16H19NO.C2H6/c1-13-6-5-9-15(12-13)16(17-10-11-18)14-7-3-2-4-8-14;1-2/h2-9,12,16-18H,10-11H2,1H3;1-2H3. The van der Waals surface area contributed by atoms with Crippen molar-refractivity contribution < 1.29 is 5.11 Å². The molecule has 0 aliphatic heterocycles. The average Bonchev–Trinajstić information content (AvgIpc) is 2.51. The van der Waals surface area contributed by atoms with Crippen LogP contribution in [0.5, 0.6) is 0 Å². The first-order valence-electron chi connectivity index (χ1n) is 7.27. The van der Waals surface area contributed by atoms with E-state index in [1.54, 1.807) is 0 Å². The van der Waals surface area contributed by atoms with Crippen LogP contribution in [0.1, 0.15) is 36.6 Å². The topological polar surface area (TPSA) is 32.3 Å². The molecule has 0 saturated heterocycles. The third-order valence-corrected chi connectivity index (χ3v) is 2.97. The lowest BCUT2D eigenvalue weighted by atomic mass is 9.97. The Morgan fingerprint density at radius 3 is 2.20 bits per heavy atom. The molecule has 108 valence electrons. The zero-order valence-electron chi connectivity index (χ0n) is 12.6. The van der Waals surface area contributed by atoms with Gasteiger partial charge >= 0.3 is 0 Å². The monoisotopic (exact) mass is 271 g/mol. The number of benzene rings is 2. The van der Waals surface area contributed by atoms with E-state index in [2.05, 4.69) is 48.6 Å². The van der Waals surface area contributed by atoms with Crippen molar-refractivity contribution in [1.82, 2.24) is 5.32 Å². The van der Waals surface area contributed by atoms with Crippen molar-refractivity contribution in [2.45, 2.75) is 26.8 Å². The second kappa shape index (κ2) is 9.29. The van der Waals surface area contributed by atoms with Gasteiger partial charge in [0.05, 0.1) is 12.6 Å². The fourth-order valence-electron chi connectivity index (χ4n) is 2.13. The predicted molar refractivity (Wildman–Crippen MR) is 85.9 cm³/mol. The van der Waals surface area contributed by atoms with Gasteiger partial charge in [0.25, 0.3) is 0 Å². The molecule has 0 aliphatic carbocycles. The molecule has 0 amide bonds. The third-order valence-electron chi connectivity index (χ3n) is 2.97. The Morgan fingerprint density at radius 1 is 0.950 bits per heavy atom. The Labute approximate surface area is 122 Å². The molecule has 0 aliphatic rings. The minimum absolute atomic E-state index is 0.137. The maximum atomic E-state index is 9.00. The van der Waals surface area contributed by atoms with Gasteiger partial charge in [0.1, 0.15) is 0 Å². The van der Waals surface area contributed by atoms with Crippen LogP contribution in [0.3, 0.4) is 0 Å². The Balaban J connectivity index is 0.000000956. The van der Waals surface area contributed by atoms with Gasteiger partial charge < -0.3 is 10.4 Å². The molecule has 2 rings (SSSR count). The maximum Gasteiger partial charge on any atom is 0.0577 e. The quantitative estimate of drug-likeness (QED) is 0.869. The Hall–Kier alpha value is -1.64. The molecule has 20 heavy (non-hydrogen) atoms. The fourth-order valence-corrected chi connectivity index (χ4v) is 2.13. The summed E-state index contributed by atoms with van der Waals surface area (Å²) in [6.45, 7) is 6.83. The van der Waals surface area contributed by atoms with E-state index in [9.17, 15) is 0 Å². The largest absolute Gasteiger partial charge is 0.395 e. The van der Waals surface area contributed by atoms with E-state index in [1.807, 2.05) is 32.0 Å². The van der Waals surface area contributed by atoms with Crippen molar-refractivity contribution in [3.8, 4) is 0 Å². The second-order valence-electron chi connectivity index (χ2n) is 4.44. The molecule has 2 aromatic carbocycles. The summed E-state index contributed by atoms with van der Waals surface area (Å²) in [5.41, 5.74) is 3.70. The predicted octanol–water partition coefficient (Wildman–Crippen LogP) is 3.69. The third kappa shape index (κ3) is 4.80. The Bertz CT molecular complexity index is 482. The average molecular weight is 271 g/mol. The van der Waals surface area contributed by atoms with E-state index in [0.717, 1.165) is 0 Å². The molecule has 0 fully saturated rings. The molecule has 0 radical (unpaired) electrons. The lowest BCUT2D eigenvalue weighted by Crippen LogP contribution is -2.25. The molecule has 2 aromatic rings. The van der Waals surface area contributed by atoms with Crippen molar-refractivity contribution >= 4 is 0 Å². The minimum atomic E-state index is 0.137. The zero-order chi connectivity index (χ0) is 14.8. The first-order valence-corrected chi connectivity index (χ1v) is 7.27. The first-order chi connectivity index (χ1) is 9.81. The number of hydrogen-bond donors (Lipinski definition) is 2. The molecule has 0 spiro atoms. The lowest BCUT2D eigenvalue weighted by Gasteiger charge is -2.19.